The number of piperidine rings is 1. The molecule has 0 aromatic heterocycles. The van der Waals surface area contributed by atoms with Crippen LogP contribution in [0.3, 0.4) is 0 Å². The van der Waals surface area contributed by atoms with Crippen molar-refractivity contribution < 1.29 is 8.78 Å². The summed E-state index contributed by atoms with van der Waals surface area (Å²) in [5.41, 5.74) is 0.995. The molecule has 0 spiro atoms. The highest BCUT2D eigenvalue weighted by Crippen LogP contribution is 2.20. The van der Waals surface area contributed by atoms with Crippen LogP contribution < -0.4 is 10.6 Å². The molecule has 17 heavy (non-hydrogen) atoms. The van der Waals surface area contributed by atoms with Crippen LogP contribution in [-0.4, -0.2) is 19.6 Å². The zero-order valence-electron chi connectivity index (χ0n) is 9.76. The molecule has 94 valence electrons. The lowest BCUT2D eigenvalue weighted by molar-refractivity contribution is 0.151. The number of anilines is 1. The fraction of sp³-hybridized carbons (Fsp3) is 0.538. The first-order chi connectivity index (χ1) is 8.25. The van der Waals surface area contributed by atoms with Gasteiger partial charge in [-0.25, -0.2) is 8.78 Å². The molecule has 1 heterocycles. The van der Waals surface area contributed by atoms with Crippen molar-refractivity contribution in [1.29, 1.82) is 0 Å². The van der Waals surface area contributed by atoms with E-state index in [9.17, 15) is 8.78 Å². The third-order valence-corrected chi connectivity index (χ3v) is 3.16. The van der Waals surface area contributed by atoms with E-state index in [4.69, 9.17) is 0 Å². The van der Waals surface area contributed by atoms with Gasteiger partial charge in [-0.05, 0) is 44.0 Å². The van der Waals surface area contributed by atoms with Gasteiger partial charge in [-0.3, -0.25) is 0 Å². The van der Waals surface area contributed by atoms with E-state index < -0.39 is 6.43 Å². The van der Waals surface area contributed by atoms with Crippen LogP contribution in [0.4, 0.5) is 14.5 Å². The Kier molecular flexibility index (Phi) is 4.31. The predicted molar refractivity (Wildman–Crippen MR) is 65.5 cm³/mol. The maximum atomic E-state index is 12.3. The zero-order chi connectivity index (χ0) is 12.1. The highest BCUT2D eigenvalue weighted by atomic mass is 19.3. The second-order valence-electron chi connectivity index (χ2n) is 4.52. The first kappa shape index (κ1) is 12.3. The molecule has 2 nitrogen and oxygen atoms in total. The highest BCUT2D eigenvalue weighted by molar-refractivity contribution is 5.44. The Morgan fingerprint density at radius 3 is 2.65 bits per heavy atom. The molecule has 1 aliphatic heterocycles. The van der Waals surface area contributed by atoms with Crippen LogP contribution in [0.25, 0.3) is 0 Å². The molecule has 1 aromatic carbocycles. The summed E-state index contributed by atoms with van der Waals surface area (Å²) in [6, 6.07) is 6.40. The first-order valence-electron chi connectivity index (χ1n) is 6.08. The molecule has 1 fully saturated rings. The SMILES string of the molecule is FC(F)c1ccc(NCC2CCCNC2)cc1. The van der Waals surface area contributed by atoms with Gasteiger partial charge in [0.1, 0.15) is 0 Å². The molecular formula is C13H18F2N2. The van der Waals surface area contributed by atoms with Crippen molar-refractivity contribution in [3.8, 4) is 0 Å². The number of halogens is 2. The molecule has 0 radical (unpaired) electrons. The molecule has 1 aliphatic rings. The van der Waals surface area contributed by atoms with Gasteiger partial charge in [-0.1, -0.05) is 12.1 Å². The quantitative estimate of drug-likeness (QED) is 0.845. The second-order valence-corrected chi connectivity index (χ2v) is 4.52. The maximum absolute atomic E-state index is 12.3. The third kappa shape index (κ3) is 3.66. The van der Waals surface area contributed by atoms with E-state index in [1.54, 1.807) is 12.1 Å². The minimum absolute atomic E-state index is 0.0786. The second kappa shape index (κ2) is 5.96. The Morgan fingerprint density at radius 2 is 2.06 bits per heavy atom. The van der Waals surface area contributed by atoms with E-state index in [1.165, 1.54) is 25.0 Å². The number of benzene rings is 1. The van der Waals surface area contributed by atoms with Gasteiger partial charge >= 0.3 is 0 Å². The van der Waals surface area contributed by atoms with Gasteiger partial charge in [0.15, 0.2) is 0 Å². The highest BCUT2D eigenvalue weighted by Gasteiger charge is 2.12. The van der Waals surface area contributed by atoms with Crippen molar-refractivity contribution in [2.75, 3.05) is 25.0 Å². The molecular weight excluding hydrogens is 222 g/mol. The standard InChI is InChI=1S/C13H18F2N2/c14-13(15)11-3-5-12(6-4-11)17-9-10-2-1-7-16-8-10/h3-6,10,13,16-17H,1-2,7-9H2. The number of alkyl halides is 2. The molecule has 0 aliphatic carbocycles. The van der Waals surface area contributed by atoms with Crippen LogP contribution in [-0.2, 0) is 0 Å². The lowest BCUT2D eigenvalue weighted by Gasteiger charge is -2.23. The lowest BCUT2D eigenvalue weighted by Crippen LogP contribution is -2.33. The molecule has 1 aromatic rings. The van der Waals surface area contributed by atoms with Crippen LogP contribution in [0.15, 0.2) is 24.3 Å². The fourth-order valence-electron chi connectivity index (χ4n) is 2.11. The minimum atomic E-state index is -2.38. The summed E-state index contributed by atoms with van der Waals surface area (Å²) < 4.78 is 24.7. The molecule has 0 saturated carbocycles. The van der Waals surface area contributed by atoms with Crippen molar-refractivity contribution in [2.45, 2.75) is 19.3 Å². The van der Waals surface area contributed by atoms with Crippen LogP contribution in [0, 0.1) is 5.92 Å². The molecule has 1 saturated heterocycles. The predicted octanol–water partition coefficient (Wildman–Crippen LogP) is 3.04. The Balaban J connectivity index is 1.82. The number of nitrogens with one attached hydrogen (secondary N) is 2. The summed E-state index contributed by atoms with van der Waals surface area (Å²) in [7, 11) is 0. The smallest absolute Gasteiger partial charge is 0.263 e. The average Bonchev–Trinajstić information content (AvgIpc) is 2.38. The van der Waals surface area contributed by atoms with Crippen molar-refractivity contribution in [1.82, 2.24) is 5.32 Å². The van der Waals surface area contributed by atoms with E-state index in [0.717, 1.165) is 25.3 Å². The van der Waals surface area contributed by atoms with Gasteiger partial charge in [-0.15, -0.1) is 0 Å². The Labute approximate surface area is 100 Å². The maximum Gasteiger partial charge on any atom is 0.263 e. The topological polar surface area (TPSA) is 24.1 Å². The summed E-state index contributed by atoms with van der Waals surface area (Å²) in [5, 5.41) is 6.65. The van der Waals surface area contributed by atoms with Crippen molar-refractivity contribution in [2.24, 2.45) is 5.92 Å². The van der Waals surface area contributed by atoms with E-state index in [0.29, 0.717) is 5.92 Å². The Bertz CT molecular complexity index is 332. The van der Waals surface area contributed by atoms with Crippen LogP contribution >= 0.6 is 0 Å². The summed E-state index contributed by atoms with van der Waals surface area (Å²) >= 11 is 0. The van der Waals surface area contributed by atoms with Gasteiger partial charge in [-0.2, -0.15) is 0 Å². The van der Waals surface area contributed by atoms with E-state index in [2.05, 4.69) is 10.6 Å². The Hall–Kier alpha value is -1.16. The van der Waals surface area contributed by atoms with E-state index in [-0.39, 0.29) is 5.56 Å². The molecule has 2 N–H and O–H groups in total. The van der Waals surface area contributed by atoms with Gasteiger partial charge in [0.25, 0.3) is 6.43 Å². The third-order valence-electron chi connectivity index (χ3n) is 3.16. The molecule has 0 bridgehead atoms. The first-order valence-corrected chi connectivity index (χ1v) is 6.08. The van der Waals surface area contributed by atoms with Gasteiger partial charge < -0.3 is 10.6 Å². The number of hydrogen-bond donors (Lipinski definition) is 2. The number of rotatable bonds is 4. The van der Waals surface area contributed by atoms with Crippen LogP contribution in [0.5, 0.6) is 0 Å². The van der Waals surface area contributed by atoms with E-state index >= 15 is 0 Å². The average molecular weight is 240 g/mol. The summed E-state index contributed by atoms with van der Waals surface area (Å²) in [6.07, 6.45) is 0.0674. The van der Waals surface area contributed by atoms with Crippen LogP contribution in [0.1, 0.15) is 24.8 Å². The monoisotopic (exact) mass is 240 g/mol. The Morgan fingerprint density at radius 1 is 1.29 bits per heavy atom. The molecule has 4 heteroatoms. The molecule has 1 atom stereocenters. The summed E-state index contributed by atoms with van der Waals surface area (Å²) in [4.78, 5) is 0. The summed E-state index contributed by atoms with van der Waals surface area (Å²) in [5.74, 6) is 0.638. The number of hydrogen-bond acceptors (Lipinski definition) is 2. The van der Waals surface area contributed by atoms with Crippen molar-refractivity contribution in [3.63, 3.8) is 0 Å². The molecule has 0 amide bonds. The van der Waals surface area contributed by atoms with Crippen LogP contribution in [0.2, 0.25) is 0 Å². The summed E-state index contributed by atoms with van der Waals surface area (Å²) in [6.45, 7) is 3.06. The van der Waals surface area contributed by atoms with Gasteiger partial charge in [0.05, 0.1) is 0 Å². The van der Waals surface area contributed by atoms with E-state index in [1.807, 2.05) is 0 Å². The lowest BCUT2D eigenvalue weighted by atomic mass is 10.00. The van der Waals surface area contributed by atoms with Gasteiger partial charge in [0, 0.05) is 17.8 Å². The molecule has 1 unspecified atom stereocenters. The zero-order valence-corrected chi connectivity index (χ0v) is 9.76. The normalized spacial score (nSPS) is 20.5. The van der Waals surface area contributed by atoms with Crippen molar-refractivity contribution >= 4 is 5.69 Å². The van der Waals surface area contributed by atoms with Gasteiger partial charge in [0.2, 0.25) is 0 Å². The molecule has 2 rings (SSSR count). The minimum Gasteiger partial charge on any atom is -0.385 e. The fourth-order valence-corrected chi connectivity index (χ4v) is 2.11. The van der Waals surface area contributed by atoms with Crippen molar-refractivity contribution in [3.05, 3.63) is 29.8 Å². The largest absolute Gasteiger partial charge is 0.385 e.